The fourth-order valence-corrected chi connectivity index (χ4v) is 5.49. The van der Waals surface area contributed by atoms with Crippen molar-refractivity contribution in [3.05, 3.63) is 80.1 Å². The number of benzene rings is 1. The van der Waals surface area contributed by atoms with Gasteiger partial charge in [0.2, 0.25) is 5.91 Å². The van der Waals surface area contributed by atoms with Crippen molar-refractivity contribution in [1.82, 2.24) is 9.88 Å². The summed E-state index contributed by atoms with van der Waals surface area (Å²) in [6, 6.07) is 8.20. The summed E-state index contributed by atoms with van der Waals surface area (Å²) in [6.07, 6.45) is 1.94. The van der Waals surface area contributed by atoms with Gasteiger partial charge < -0.3 is 15.0 Å². The Balaban J connectivity index is 1.96. The molecule has 3 rings (SSSR count). The summed E-state index contributed by atoms with van der Waals surface area (Å²) in [7, 11) is 0. The van der Waals surface area contributed by atoms with Crippen molar-refractivity contribution in [1.29, 1.82) is 0 Å². The molecule has 186 valence electrons. The lowest BCUT2D eigenvalue weighted by Gasteiger charge is -2.25. The van der Waals surface area contributed by atoms with Gasteiger partial charge in [0.05, 0.1) is 12.5 Å². The van der Waals surface area contributed by atoms with Crippen molar-refractivity contribution >= 4 is 23.2 Å². The predicted octanol–water partition coefficient (Wildman–Crippen LogP) is 5.73. The Morgan fingerprint density at radius 1 is 1.03 bits per heavy atom. The van der Waals surface area contributed by atoms with Crippen LogP contribution in [0.3, 0.4) is 0 Å². The van der Waals surface area contributed by atoms with Crippen LogP contribution in [0.5, 0.6) is 0 Å². The van der Waals surface area contributed by atoms with Crippen LogP contribution in [-0.2, 0) is 9.59 Å². The van der Waals surface area contributed by atoms with E-state index in [0.717, 1.165) is 38.3 Å². The van der Waals surface area contributed by atoms with Gasteiger partial charge in [0.1, 0.15) is 6.04 Å². The number of hydrogen-bond acceptors (Lipinski definition) is 4. The van der Waals surface area contributed by atoms with Crippen molar-refractivity contribution in [2.45, 2.75) is 66.5 Å². The first-order valence-corrected chi connectivity index (χ1v) is 12.7. The largest absolute Gasteiger partial charge is 0.481 e. The van der Waals surface area contributed by atoms with E-state index in [0.29, 0.717) is 6.42 Å². The van der Waals surface area contributed by atoms with Crippen LogP contribution in [0, 0.1) is 33.6 Å². The molecule has 0 saturated heterocycles. The molecular weight excluding hydrogens is 460 g/mol. The first kappa shape index (κ1) is 26.4. The van der Waals surface area contributed by atoms with Crippen LogP contribution in [0.2, 0.25) is 0 Å². The molecule has 2 aromatic heterocycles. The van der Waals surface area contributed by atoms with E-state index in [-0.39, 0.29) is 23.8 Å². The van der Waals surface area contributed by atoms with Gasteiger partial charge in [0.25, 0.3) is 5.56 Å². The van der Waals surface area contributed by atoms with Gasteiger partial charge in [0, 0.05) is 17.1 Å². The van der Waals surface area contributed by atoms with Crippen molar-refractivity contribution in [3.8, 4) is 10.4 Å². The minimum atomic E-state index is -1.00. The number of carboxylic acids is 1. The molecule has 0 radical (unpaired) electrons. The number of carbonyl (C=O) groups is 2. The molecule has 0 saturated carbocycles. The Hall–Kier alpha value is -3.19. The Morgan fingerprint density at radius 2 is 1.69 bits per heavy atom. The van der Waals surface area contributed by atoms with E-state index in [2.05, 4.69) is 31.3 Å². The zero-order valence-corrected chi connectivity index (χ0v) is 22.0. The molecule has 2 heterocycles. The van der Waals surface area contributed by atoms with Gasteiger partial charge >= 0.3 is 5.97 Å². The molecule has 0 unspecified atom stereocenters. The molecule has 6 nitrogen and oxygen atoms in total. The second kappa shape index (κ2) is 11.0. The number of aliphatic carboxylic acids is 1. The summed E-state index contributed by atoms with van der Waals surface area (Å²) in [5.41, 5.74) is 5.71. The first-order valence-electron chi connectivity index (χ1n) is 11.8. The molecular formula is C28H34N2O4S. The van der Waals surface area contributed by atoms with Gasteiger partial charge in [-0.25, -0.2) is 0 Å². The van der Waals surface area contributed by atoms with Crippen LogP contribution >= 0.6 is 11.3 Å². The number of thiophene rings is 1. The summed E-state index contributed by atoms with van der Waals surface area (Å²) in [6.45, 7) is 11.9. The lowest BCUT2D eigenvalue weighted by atomic mass is 9.98. The Labute approximate surface area is 210 Å². The van der Waals surface area contributed by atoms with Gasteiger partial charge in [-0.1, -0.05) is 32.0 Å². The average molecular weight is 495 g/mol. The maximum Gasteiger partial charge on any atom is 0.305 e. The van der Waals surface area contributed by atoms with Crippen molar-refractivity contribution in [2.24, 2.45) is 5.92 Å². The Bertz CT molecular complexity index is 1270. The minimum absolute atomic E-state index is 0.161. The average Bonchev–Trinajstić information content (AvgIpc) is 3.23. The maximum atomic E-state index is 13.5. The van der Waals surface area contributed by atoms with Gasteiger partial charge in [-0.05, 0) is 84.9 Å². The number of pyridine rings is 1. The van der Waals surface area contributed by atoms with Gasteiger partial charge in [-0.2, -0.15) is 0 Å². The highest BCUT2D eigenvalue weighted by molar-refractivity contribution is 7.13. The molecule has 2 N–H and O–H groups in total. The second-order valence-electron chi connectivity index (χ2n) is 9.70. The van der Waals surface area contributed by atoms with E-state index in [1.807, 2.05) is 45.2 Å². The Morgan fingerprint density at radius 3 is 2.29 bits per heavy atom. The molecule has 0 spiro atoms. The number of rotatable bonds is 9. The molecule has 2 atom stereocenters. The van der Waals surface area contributed by atoms with E-state index >= 15 is 0 Å². The van der Waals surface area contributed by atoms with Crippen molar-refractivity contribution in [2.75, 3.05) is 0 Å². The summed E-state index contributed by atoms with van der Waals surface area (Å²) < 4.78 is 1.48. The van der Waals surface area contributed by atoms with Gasteiger partial charge in [-0.3, -0.25) is 14.4 Å². The molecule has 35 heavy (non-hydrogen) atoms. The fourth-order valence-electron chi connectivity index (χ4n) is 4.35. The Kier molecular flexibility index (Phi) is 8.33. The van der Waals surface area contributed by atoms with Crippen LogP contribution < -0.4 is 10.9 Å². The van der Waals surface area contributed by atoms with E-state index in [1.54, 1.807) is 12.3 Å². The quantitative estimate of drug-likeness (QED) is 0.398. The lowest BCUT2D eigenvalue weighted by molar-refractivity contribution is -0.138. The molecule has 7 heteroatoms. The van der Waals surface area contributed by atoms with Crippen LogP contribution in [0.25, 0.3) is 10.4 Å². The molecule has 0 aliphatic carbocycles. The highest BCUT2D eigenvalue weighted by Gasteiger charge is 2.27. The second-order valence-corrected chi connectivity index (χ2v) is 10.6. The lowest BCUT2D eigenvalue weighted by Crippen LogP contribution is -2.40. The summed E-state index contributed by atoms with van der Waals surface area (Å²) in [4.78, 5) is 39.0. The summed E-state index contributed by atoms with van der Waals surface area (Å²) in [5.74, 6) is -1.19. The summed E-state index contributed by atoms with van der Waals surface area (Å²) in [5, 5.41) is 14.4. The van der Waals surface area contributed by atoms with Crippen LogP contribution in [0.1, 0.15) is 66.6 Å². The minimum Gasteiger partial charge on any atom is -0.481 e. The third-order valence-corrected chi connectivity index (χ3v) is 7.29. The van der Waals surface area contributed by atoms with E-state index in [9.17, 15) is 19.5 Å². The number of nitrogens with one attached hydrogen (secondary N) is 1. The van der Waals surface area contributed by atoms with Crippen LogP contribution in [0.4, 0.5) is 0 Å². The van der Waals surface area contributed by atoms with E-state index in [4.69, 9.17) is 0 Å². The number of aryl methyl sites for hydroxylation is 4. The van der Waals surface area contributed by atoms with Crippen molar-refractivity contribution in [3.63, 3.8) is 0 Å². The monoisotopic (exact) mass is 494 g/mol. The van der Waals surface area contributed by atoms with Crippen molar-refractivity contribution < 1.29 is 14.7 Å². The number of amides is 1. The van der Waals surface area contributed by atoms with Gasteiger partial charge in [0.15, 0.2) is 0 Å². The summed E-state index contributed by atoms with van der Waals surface area (Å²) >= 11 is 1.54. The maximum absolute atomic E-state index is 13.5. The number of carboxylic acid groups (broad SMARTS) is 1. The molecule has 0 aliphatic rings. The standard InChI is InChI=1S/C28H34N2O4S/c1-16(2)10-23(30-14-20(6)19(5)11-25(30)31)28(34)29-22(13-26(32)33)21-12-24(35-15-21)27-17(3)8-7-9-18(27)4/h7-9,11-12,14-16,22-23H,10,13H2,1-6H3,(H,29,34)(H,32,33)/t22-,23-/m1/s1. The molecule has 3 aromatic rings. The predicted molar refractivity (Wildman–Crippen MR) is 141 cm³/mol. The molecule has 1 amide bonds. The van der Waals surface area contributed by atoms with Crippen LogP contribution in [0.15, 0.2) is 46.7 Å². The highest BCUT2D eigenvalue weighted by Crippen LogP contribution is 2.35. The highest BCUT2D eigenvalue weighted by atomic mass is 32.1. The first-order chi connectivity index (χ1) is 16.5. The third kappa shape index (κ3) is 6.28. The molecule has 0 fully saturated rings. The zero-order chi connectivity index (χ0) is 25.9. The SMILES string of the molecule is Cc1cc(=O)n([C@H](CC(C)C)C(=O)N[C@H](CC(=O)O)c2csc(-c3c(C)cccc3C)c2)cc1C. The number of aromatic nitrogens is 1. The number of nitrogens with zero attached hydrogens (tertiary/aromatic N) is 1. The smallest absolute Gasteiger partial charge is 0.305 e. The van der Waals surface area contributed by atoms with Gasteiger partial charge in [-0.15, -0.1) is 11.3 Å². The zero-order valence-electron chi connectivity index (χ0n) is 21.2. The van der Waals surface area contributed by atoms with E-state index in [1.165, 1.54) is 15.9 Å². The molecule has 0 bridgehead atoms. The molecule has 0 aliphatic heterocycles. The topological polar surface area (TPSA) is 88.4 Å². The number of hydrogen-bond donors (Lipinski definition) is 2. The number of carbonyl (C=O) groups excluding carboxylic acids is 1. The van der Waals surface area contributed by atoms with Crippen LogP contribution in [-0.4, -0.2) is 21.6 Å². The molecule has 1 aromatic carbocycles. The normalized spacial score (nSPS) is 13.0. The fraction of sp³-hybridized carbons (Fsp3) is 0.393. The van der Waals surface area contributed by atoms with E-state index < -0.39 is 18.1 Å². The third-order valence-electron chi connectivity index (χ3n) is 6.33.